The molecular weight excluding hydrogens is 310 g/mol. The van der Waals surface area contributed by atoms with Gasteiger partial charge in [-0.1, -0.05) is 23.8 Å². The summed E-state index contributed by atoms with van der Waals surface area (Å²) in [6.07, 6.45) is 6.03. The van der Waals surface area contributed by atoms with Gasteiger partial charge in [0.05, 0.1) is 24.9 Å². The lowest BCUT2D eigenvalue weighted by Gasteiger charge is -2.34. The molecule has 0 aromatic heterocycles. The van der Waals surface area contributed by atoms with Crippen molar-refractivity contribution in [3.63, 3.8) is 0 Å². The molecule has 2 aliphatic rings. The Morgan fingerprint density at radius 2 is 2.04 bits per heavy atom. The quantitative estimate of drug-likeness (QED) is 0.552. The summed E-state index contributed by atoms with van der Waals surface area (Å²) >= 11 is 0. The van der Waals surface area contributed by atoms with E-state index in [0.717, 1.165) is 5.57 Å². The topological polar surface area (TPSA) is 65.1 Å². The summed E-state index contributed by atoms with van der Waals surface area (Å²) in [5.41, 5.74) is 1.50. The van der Waals surface area contributed by atoms with Crippen LogP contribution < -0.4 is 0 Å². The molecule has 3 atom stereocenters. The summed E-state index contributed by atoms with van der Waals surface area (Å²) in [6, 6.07) is 0. The third-order valence-electron chi connectivity index (χ3n) is 4.27. The molecule has 0 N–H and O–H groups in total. The summed E-state index contributed by atoms with van der Waals surface area (Å²) in [7, 11) is 1.34. The van der Waals surface area contributed by atoms with Gasteiger partial charge in [0.1, 0.15) is 0 Å². The normalized spacial score (nSPS) is 24.7. The Balaban J connectivity index is 2.15. The van der Waals surface area contributed by atoms with E-state index in [9.17, 15) is 9.59 Å². The zero-order valence-corrected chi connectivity index (χ0v) is 14.1. The van der Waals surface area contributed by atoms with Crippen molar-refractivity contribution in [1.29, 1.82) is 0 Å². The van der Waals surface area contributed by atoms with Crippen molar-refractivity contribution in [3.8, 4) is 0 Å². The molecule has 1 amide bonds. The first-order valence-corrected chi connectivity index (χ1v) is 7.81. The van der Waals surface area contributed by atoms with E-state index in [1.807, 2.05) is 13.0 Å². The predicted molar refractivity (Wildman–Crippen MR) is 88.8 cm³/mol. The standard InChI is InChI=1S/C18H23NO5/c1-5-9-19(10-6-2)18(21)24-17-15-12(3)7-8-13(15)14(11-23-17)16(20)22-4/h5-7,11,13,15,17H,1-2,8-10H2,3-4H3. The number of amides is 1. The molecular formula is C18H23NO5. The number of hydrogen-bond acceptors (Lipinski definition) is 5. The molecule has 6 heteroatoms. The highest BCUT2D eigenvalue weighted by Crippen LogP contribution is 2.43. The summed E-state index contributed by atoms with van der Waals surface area (Å²) < 4.78 is 15.9. The lowest BCUT2D eigenvalue weighted by molar-refractivity contribution is -0.142. The van der Waals surface area contributed by atoms with E-state index in [1.165, 1.54) is 18.3 Å². The predicted octanol–water partition coefficient (Wildman–Crippen LogP) is 2.79. The van der Waals surface area contributed by atoms with Gasteiger partial charge in [-0.15, -0.1) is 13.2 Å². The number of esters is 1. The number of rotatable bonds is 6. The van der Waals surface area contributed by atoms with Gasteiger partial charge in [0, 0.05) is 19.0 Å². The maximum atomic E-state index is 12.4. The highest BCUT2D eigenvalue weighted by molar-refractivity contribution is 5.89. The number of nitrogens with zero attached hydrogens (tertiary/aromatic N) is 1. The minimum Gasteiger partial charge on any atom is -0.466 e. The van der Waals surface area contributed by atoms with Gasteiger partial charge in [-0.05, 0) is 13.3 Å². The Bertz CT molecular complexity index is 582. The third kappa shape index (κ3) is 3.53. The SMILES string of the molecule is C=CCN(CC=C)C(=O)OC1OC=C(C(=O)OC)C2CC=C(C)C12. The molecule has 24 heavy (non-hydrogen) atoms. The van der Waals surface area contributed by atoms with Crippen LogP contribution in [0.25, 0.3) is 0 Å². The van der Waals surface area contributed by atoms with Gasteiger partial charge in [-0.2, -0.15) is 0 Å². The molecule has 0 aromatic carbocycles. The highest BCUT2D eigenvalue weighted by Gasteiger charge is 2.45. The smallest absolute Gasteiger partial charge is 0.413 e. The average Bonchev–Trinajstić information content (AvgIpc) is 2.96. The summed E-state index contributed by atoms with van der Waals surface area (Å²) in [5, 5.41) is 0. The first-order chi connectivity index (χ1) is 11.5. The number of carbonyl (C=O) groups excluding carboxylic acids is 2. The van der Waals surface area contributed by atoms with Crippen LogP contribution in [0.15, 0.2) is 48.8 Å². The summed E-state index contributed by atoms with van der Waals surface area (Å²) in [4.78, 5) is 25.7. The molecule has 0 saturated heterocycles. The van der Waals surface area contributed by atoms with E-state index in [-0.39, 0.29) is 11.8 Å². The van der Waals surface area contributed by atoms with Crippen LogP contribution >= 0.6 is 0 Å². The van der Waals surface area contributed by atoms with Gasteiger partial charge in [0.25, 0.3) is 6.29 Å². The molecule has 2 rings (SSSR count). The maximum Gasteiger partial charge on any atom is 0.413 e. The van der Waals surface area contributed by atoms with Crippen LogP contribution in [0.3, 0.4) is 0 Å². The van der Waals surface area contributed by atoms with E-state index in [0.29, 0.717) is 25.1 Å². The van der Waals surface area contributed by atoms with Crippen LogP contribution in [0.1, 0.15) is 13.3 Å². The van der Waals surface area contributed by atoms with Crippen LogP contribution in [-0.2, 0) is 19.0 Å². The number of allylic oxidation sites excluding steroid dienone is 1. The van der Waals surface area contributed by atoms with Gasteiger partial charge in [0.2, 0.25) is 0 Å². The second kappa shape index (κ2) is 7.86. The van der Waals surface area contributed by atoms with E-state index < -0.39 is 18.4 Å². The van der Waals surface area contributed by atoms with Crippen molar-refractivity contribution in [1.82, 2.24) is 4.90 Å². The molecule has 0 fully saturated rings. The highest BCUT2D eigenvalue weighted by atomic mass is 16.7. The van der Waals surface area contributed by atoms with E-state index in [1.54, 1.807) is 12.2 Å². The molecule has 3 unspecified atom stereocenters. The minimum atomic E-state index is -0.771. The van der Waals surface area contributed by atoms with Crippen LogP contribution in [0.2, 0.25) is 0 Å². The summed E-state index contributed by atoms with van der Waals surface area (Å²) in [5.74, 6) is -0.712. The first-order valence-electron chi connectivity index (χ1n) is 7.81. The van der Waals surface area contributed by atoms with Crippen LogP contribution in [0.4, 0.5) is 4.79 Å². The van der Waals surface area contributed by atoms with Crippen molar-refractivity contribution in [2.75, 3.05) is 20.2 Å². The summed E-state index contributed by atoms with van der Waals surface area (Å²) in [6.45, 7) is 9.91. The molecule has 1 aliphatic carbocycles. The van der Waals surface area contributed by atoms with Crippen molar-refractivity contribution in [2.45, 2.75) is 19.6 Å². The molecule has 0 aromatic rings. The van der Waals surface area contributed by atoms with E-state index >= 15 is 0 Å². The Morgan fingerprint density at radius 3 is 2.62 bits per heavy atom. The van der Waals surface area contributed by atoms with Crippen LogP contribution in [0.5, 0.6) is 0 Å². The fraction of sp³-hybridized carbons (Fsp3) is 0.444. The van der Waals surface area contributed by atoms with Gasteiger partial charge in [0.15, 0.2) is 0 Å². The maximum absolute atomic E-state index is 12.4. The Kier molecular flexibility index (Phi) is 5.84. The van der Waals surface area contributed by atoms with Crippen LogP contribution in [0, 0.1) is 11.8 Å². The zero-order chi connectivity index (χ0) is 17.7. The minimum absolute atomic E-state index is 0.101. The number of fused-ring (bicyclic) bond motifs is 1. The van der Waals surface area contributed by atoms with Crippen LogP contribution in [-0.4, -0.2) is 43.5 Å². The number of carbonyl (C=O) groups is 2. The van der Waals surface area contributed by atoms with E-state index in [4.69, 9.17) is 14.2 Å². The van der Waals surface area contributed by atoms with Crippen molar-refractivity contribution in [2.24, 2.45) is 11.8 Å². The Labute approximate surface area is 142 Å². The monoisotopic (exact) mass is 333 g/mol. The lowest BCUT2D eigenvalue weighted by atomic mass is 9.84. The fourth-order valence-corrected chi connectivity index (χ4v) is 3.08. The lowest BCUT2D eigenvalue weighted by Crippen LogP contribution is -2.41. The van der Waals surface area contributed by atoms with Crippen molar-refractivity contribution >= 4 is 12.1 Å². The molecule has 0 radical (unpaired) electrons. The van der Waals surface area contributed by atoms with E-state index in [2.05, 4.69) is 13.2 Å². The first kappa shape index (κ1) is 17.8. The molecule has 0 bridgehead atoms. The molecule has 0 saturated carbocycles. The molecule has 0 spiro atoms. The molecule has 130 valence electrons. The average molecular weight is 333 g/mol. The molecule has 6 nitrogen and oxygen atoms in total. The van der Waals surface area contributed by atoms with Crippen molar-refractivity contribution in [3.05, 3.63) is 48.8 Å². The van der Waals surface area contributed by atoms with Gasteiger partial charge < -0.3 is 19.1 Å². The second-order valence-corrected chi connectivity index (χ2v) is 5.75. The number of ether oxygens (including phenoxy) is 3. The largest absolute Gasteiger partial charge is 0.466 e. The third-order valence-corrected chi connectivity index (χ3v) is 4.27. The van der Waals surface area contributed by atoms with Gasteiger partial charge in [-0.25, -0.2) is 9.59 Å². The second-order valence-electron chi connectivity index (χ2n) is 5.75. The zero-order valence-electron chi connectivity index (χ0n) is 14.1. The van der Waals surface area contributed by atoms with Gasteiger partial charge in [-0.3, -0.25) is 0 Å². The number of methoxy groups -OCH3 is 1. The Morgan fingerprint density at radius 1 is 1.38 bits per heavy atom. The van der Waals surface area contributed by atoms with Crippen molar-refractivity contribution < 1.29 is 23.8 Å². The molecule has 1 aliphatic heterocycles. The Hall–Kier alpha value is -2.50. The fourth-order valence-electron chi connectivity index (χ4n) is 3.08. The van der Waals surface area contributed by atoms with Gasteiger partial charge >= 0.3 is 12.1 Å². The number of hydrogen-bond donors (Lipinski definition) is 0. The molecule has 1 heterocycles.